The lowest BCUT2D eigenvalue weighted by Gasteiger charge is -2.07. The third-order valence-corrected chi connectivity index (χ3v) is 4.45. The molecule has 0 aliphatic rings. The van der Waals surface area contributed by atoms with Crippen LogP contribution in [0.25, 0.3) is 22.0 Å². The molecule has 0 bridgehead atoms. The molecule has 4 rings (SSSR count). The Labute approximate surface area is 151 Å². The topological polar surface area (TPSA) is 60.7 Å². The molecule has 0 aliphatic carbocycles. The highest BCUT2D eigenvalue weighted by Gasteiger charge is 2.10. The molecule has 0 amide bonds. The number of fused-ring (bicyclic) bond motifs is 1. The summed E-state index contributed by atoms with van der Waals surface area (Å²) in [5.41, 5.74) is 4.41. The minimum Gasteiger partial charge on any atom is -0.334 e. The first-order valence-electron chi connectivity index (χ1n) is 8.41. The largest absolute Gasteiger partial charge is 0.334 e. The van der Waals surface area contributed by atoms with E-state index in [2.05, 4.69) is 27.1 Å². The number of carbonyl (C=O) groups is 1. The third-order valence-electron chi connectivity index (χ3n) is 4.45. The maximum Gasteiger partial charge on any atom is 0.168 e. The van der Waals surface area contributed by atoms with E-state index in [1.807, 2.05) is 49.1 Å². The molecule has 0 atom stereocenters. The van der Waals surface area contributed by atoms with E-state index in [9.17, 15) is 4.79 Å². The lowest BCUT2D eigenvalue weighted by molar-refractivity contribution is 0.0992. The molecule has 1 aromatic carbocycles. The predicted octanol–water partition coefficient (Wildman–Crippen LogP) is 3.76. The first kappa shape index (κ1) is 16.1. The van der Waals surface area contributed by atoms with Gasteiger partial charge in [-0.15, -0.1) is 0 Å². The summed E-state index contributed by atoms with van der Waals surface area (Å²) in [5.74, 6) is 0.0464. The summed E-state index contributed by atoms with van der Waals surface area (Å²) in [6.45, 7) is 1.88. The van der Waals surface area contributed by atoms with Crippen LogP contribution in [0, 0.1) is 6.92 Å². The number of Topliss-reactive ketones (excluding diaryl/α,β-unsaturated/α-hetero) is 1. The first-order valence-corrected chi connectivity index (χ1v) is 8.41. The third kappa shape index (κ3) is 3.11. The van der Waals surface area contributed by atoms with E-state index >= 15 is 0 Å². The van der Waals surface area contributed by atoms with Crippen molar-refractivity contribution in [1.29, 1.82) is 0 Å². The highest BCUT2D eigenvalue weighted by molar-refractivity contribution is 5.98. The molecule has 5 heteroatoms. The number of pyridine rings is 2. The molecular weight excluding hydrogens is 324 g/mol. The number of rotatable bonds is 4. The molecule has 0 spiro atoms. The normalized spacial score (nSPS) is 11.0. The van der Waals surface area contributed by atoms with E-state index in [0.717, 1.165) is 33.4 Å². The SMILES string of the molecule is Cc1cc(C(=O)Cc2cc3cc(-c4cncn4C)ccc3cn2)ccn1. The first-order chi connectivity index (χ1) is 12.6. The molecule has 0 saturated carbocycles. The van der Waals surface area contributed by atoms with Gasteiger partial charge in [0, 0.05) is 47.3 Å². The average molecular weight is 342 g/mol. The van der Waals surface area contributed by atoms with Gasteiger partial charge in [-0.2, -0.15) is 0 Å². The predicted molar refractivity (Wildman–Crippen MR) is 101 cm³/mol. The summed E-state index contributed by atoms with van der Waals surface area (Å²) < 4.78 is 1.98. The van der Waals surface area contributed by atoms with Crippen molar-refractivity contribution < 1.29 is 4.79 Å². The van der Waals surface area contributed by atoms with Gasteiger partial charge in [0.05, 0.1) is 24.6 Å². The second-order valence-corrected chi connectivity index (χ2v) is 6.41. The van der Waals surface area contributed by atoms with Crippen LogP contribution in [-0.2, 0) is 13.5 Å². The van der Waals surface area contributed by atoms with Gasteiger partial charge in [0.25, 0.3) is 0 Å². The Bertz CT molecular complexity index is 1110. The minimum atomic E-state index is 0.0464. The Balaban J connectivity index is 1.66. The number of benzene rings is 1. The number of aromatic nitrogens is 4. The smallest absolute Gasteiger partial charge is 0.168 e. The van der Waals surface area contributed by atoms with Crippen LogP contribution in [0.4, 0.5) is 0 Å². The molecule has 5 nitrogen and oxygen atoms in total. The summed E-state index contributed by atoms with van der Waals surface area (Å²) in [5, 5.41) is 2.11. The molecule has 0 radical (unpaired) electrons. The second-order valence-electron chi connectivity index (χ2n) is 6.41. The van der Waals surface area contributed by atoms with Gasteiger partial charge in [0.2, 0.25) is 0 Å². The highest BCUT2D eigenvalue weighted by Crippen LogP contribution is 2.24. The fourth-order valence-electron chi connectivity index (χ4n) is 3.06. The molecule has 0 saturated heterocycles. The van der Waals surface area contributed by atoms with E-state index in [1.165, 1.54) is 0 Å². The molecule has 3 aromatic heterocycles. The van der Waals surface area contributed by atoms with Gasteiger partial charge in [-0.05, 0) is 36.6 Å². The molecular formula is C21H18N4O. The van der Waals surface area contributed by atoms with Crippen molar-refractivity contribution in [1.82, 2.24) is 19.5 Å². The van der Waals surface area contributed by atoms with Gasteiger partial charge in [-0.1, -0.05) is 12.1 Å². The van der Waals surface area contributed by atoms with Gasteiger partial charge in [-0.25, -0.2) is 4.98 Å². The molecule has 4 aromatic rings. The Morgan fingerprint density at radius 3 is 2.69 bits per heavy atom. The van der Waals surface area contributed by atoms with E-state index in [-0.39, 0.29) is 12.2 Å². The number of hydrogen-bond acceptors (Lipinski definition) is 4. The molecule has 3 heterocycles. The number of carbonyl (C=O) groups excluding carboxylic acids is 1. The van der Waals surface area contributed by atoms with Crippen LogP contribution in [0.5, 0.6) is 0 Å². The summed E-state index contributed by atoms with van der Waals surface area (Å²) >= 11 is 0. The monoisotopic (exact) mass is 342 g/mol. The number of hydrogen-bond donors (Lipinski definition) is 0. The van der Waals surface area contributed by atoms with Crippen molar-refractivity contribution in [2.75, 3.05) is 0 Å². The van der Waals surface area contributed by atoms with Gasteiger partial charge in [-0.3, -0.25) is 14.8 Å². The van der Waals surface area contributed by atoms with Crippen LogP contribution in [-0.4, -0.2) is 25.3 Å². The standard InChI is InChI=1S/C21H18N4O/c1-14-7-16(5-6-23-14)21(26)10-19-9-18-8-15(3-4-17(18)11-24-19)20-12-22-13-25(20)2/h3-9,11-13H,10H2,1-2H3. The van der Waals surface area contributed by atoms with E-state index in [4.69, 9.17) is 0 Å². The van der Waals surface area contributed by atoms with Crippen molar-refractivity contribution >= 4 is 16.6 Å². The van der Waals surface area contributed by atoms with Gasteiger partial charge in [0.15, 0.2) is 5.78 Å². The zero-order valence-electron chi connectivity index (χ0n) is 14.7. The number of aryl methyl sites for hydroxylation is 2. The van der Waals surface area contributed by atoms with Gasteiger partial charge in [0.1, 0.15) is 0 Å². The van der Waals surface area contributed by atoms with Crippen molar-refractivity contribution in [2.24, 2.45) is 7.05 Å². The Kier molecular flexibility index (Phi) is 4.05. The molecule has 0 fully saturated rings. The van der Waals surface area contributed by atoms with E-state index < -0.39 is 0 Å². The average Bonchev–Trinajstić information content (AvgIpc) is 3.07. The second kappa shape index (κ2) is 6.52. The summed E-state index contributed by atoms with van der Waals surface area (Å²) in [4.78, 5) is 25.3. The molecule has 0 aliphatic heterocycles. The van der Waals surface area contributed by atoms with Crippen LogP contribution in [0.2, 0.25) is 0 Å². The number of imidazole rings is 1. The molecule has 0 N–H and O–H groups in total. The van der Waals surface area contributed by atoms with Crippen LogP contribution in [0.3, 0.4) is 0 Å². The van der Waals surface area contributed by atoms with Gasteiger partial charge < -0.3 is 4.57 Å². The fourth-order valence-corrected chi connectivity index (χ4v) is 3.06. The fraction of sp³-hybridized carbons (Fsp3) is 0.143. The van der Waals surface area contributed by atoms with Crippen LogP contribution >= 0.6 is 0 Å². The molecule has 128 valence electrons. The zero-order valence-corrected chi connectivity index (χ0v) is 14.7. The Morgan fingerprint density at radius 2 is 1.92 bits per heavy atom. The van der Waals surface area contributed by atoms with E-state index in [0.29, 0.717) is 5.56 Å². The zero-order chi connectivity index (χ0) is 18.1. The minimum absolute atomic E-state index is 0.0464. The summed E-state index contributed by atoms with van der Waals surface area (Å²) in [7, 11) is 1.97. The summed E-state index contributed by atoms with van der Waals surface area (Å²) in [6, 6.07) is 11.8. The van der Waals surface area contributed by atoms with Gasteiger partial charge >= 0.3 is 0 Å². The van der Waals surface area contributed by atoms with Crippen molar-refractivity contribution in [3.05, 3.63) is 78.3 Å². The van der Waals surface area contributed by atoms with Crippen molar-refractivity contribution in [2.45, 2.75) is 13.3 Å². The number of ketones is 1. The van der Waals surface area contributed by atoms with Crippen LogP contribution < -0.4 is 0 Å². The maximum absolute atomic E-state index is 12.5. The summed E-state index contributed by atoms with van der Waals surface area (Å²) in [6.07, 6.45) is 7.39. The highest BCUT2D eigenvalue weighted by atomic mass is 16.1. The number of nitrogens with zero attached hydrogens (tertiary/aromatic N) is 4. The Morgan fingerprint density at radius 1 is 1.04 bits per heavy atom. The molecule has 26 heavy (non-hydrogen) atoms. The van der Waals surface area contributed by atoms with E-state index in [1.54, 1.807) is 18.6 Å². The van der Waals surface area contributed by atoms with Crippen molar-refractivity contribution in [3.63, 3.8) is 0 Å². The lowest BCUT2D eigenvalue weighted by Crippen LogP contribution is -2.05. The van der Waals surface area contributed by atoms with Crippen LogP contribution in [0.15, 0.2) is 61.3 Å². The quantitative estimate of drug-likeness (QED) is 0.530. The molecule has 0 unspecified atom stereocenters. The Hall–Kier alpha value is -3.34. The van der Waals surface area contributed by atoms with Crippen LogP contribution in [0.1, 0.15) is 21.7 Å². The maximum atomic E-state index is 12.5. The lowest BCUT2D eigenvalue weighted by atomic mass is 10.0. The van der Waals surface area contributed by atoms with Crippen molar-refractivity contribution in [3.8, 4) is 11.3 Å².